The van der Waals surface area contributed by atoms with Gasteiger partial charge in [-0.05, 0) is 49.2 Å². The molecule has 0 aromatic heterocycles. The number of benzene rings is 2. The highest BCUT2D eigenvalue weighted by molar-refractivity contribution is 6.05. The van der Waals surface area contributed by atoms with Gasteiger partial charge < -0.3 is 9.80 Å². The number of non-ortho nitro benzene ring substituents is 1. The number of amides is 1. The standard InChI is InChI=1S/C18H19N3O3/c1-19(18(22)14-4-6-17(7-5-14)21(23)24)15-8-10-16(11-9-15)20-12-2-3-13-20/h4-11H,2-3,12-13H2,1H3. The third-order valence-electron chi connectivity index (χ3n) is 4.34. The van der Waals surface area contributed by atoms with E-state index in [1.54, 1.807) is 11.9 Å². The molecule has 0 bridgehead atoms. The SMILES string of the molecule is CN(C(=O)c1ccc([N+](=O)[O-])cc1)c1ccc(N2CCCC2)cc1. The van der Waals surface area contributed by atoms with Crippen molar-refractivity contribution in [2.45, 2.75) is 12.8 Å². The molecule has 0 saturated carbocycles. The number of hydrogen-bond acceptors (Lipinski definition) is 4. The first-order chi connectivity index (χ1) is 11.6. The summed E-state index contributed by atoms with van der Waals surface area (Å²) < 4.78 is 0. The lowest BCUT2D eigenvalue weighted by Gasteiger charge is -2.21. The van der Waals surface area contributed by atoms with Crippen LogP contribution in [0, 0.1) is 10.1 Å². The van der Waals surface area contributed by atoms with Crippen molar-refractivity contribution in [3.63, 3.8) is 0 Å². The monoisotopic (exact) mass is 325 g/mol. The smallest absolute Gasteiger partial charge is 0.269 e. The first kappa shape index (κ1) is 16.0. The van der Waals surface area contributed by atoms with E-state index >= 15 is 0 Å². The third-order valence-corrected chi connectivity index (χ3v) is 4.34. The van der Waals surface area contributed by atoms with E-state index in [1.165, 1.54) is 42.8 Å². The van der Waals surface area contributed by atoms with E-state index in [-0.39, 0.29) is 11.6 Å². The lowest BCUT2D eigenvalue weighted by Crippen LogP contribution is -2.26. The summed E-state index contributed by atoms with van der Waals surface area (Å²) in [6.07, 6.45) is 2.45. The minimum Gasteiger partial charge on any atom is -0.372 e. The first-order valence-electron chi connectivity index (χ1n) is 7.94. The van der Waals surface area contributed by atoms with Crippen molar-refractivity contribution in [2.24, 2.45) is 0 Å². The molecule has 1 aliphatic rings. The van der Waals surface area contributed by atoms with Gasteiger partial charge in [-0.3, -0.25) is 14.9 Å². The van der Waals surface area contributed by atoms with Gasteiger partial charge in [0.15, 0.2) is 0 Å². The normalized spacial score (nSPS) is 13.8. The van der Waals surface area contributed by atoms with Crippen molar-refractivity contribution in [1.29, 1.82) is 0 Å². The highest BCUT2D eigenvalue weighted by Crippen LogP contribution is 2.24. The van der Waals surface area contributed by atoms with Crippen LogP contribution in [-0.4, -0.2) is 31.0 Å². The molecule has 24 heavy (non-hydrogen) atoms. The average molecular weight is 325 g/mol. The van der Waals surface area contributed by atoms with Gasteiger partial charge in [0.1, 0.15) is 0 Å². The van der Waals surface area contributed by atoms with Gasteiger partial charge in [0.05, 0.1) is 4.92 Å². The second kappa shape index (κ2) is 6.70. The van der Waals surface area contributed by atoms with Gasteiger partial charge in [0, 0.05) is 49.2 Å². The van der Waals surface area contributed by atoms with E-state index in [0.717, 1.165) is 18.8 Å². The lowest BCUT2D eigenvalue weighted by molar-refractivity contribution is -0.384. The van der Waals surface area contributed by atoms with E-state index in [4.69, 9.17) is 0 Å². The minimum atomic E-state index is -0.477. The van der Waals surface area contributed by atoms with Crippen molar-refractivity contribution in [3.05, 3.63) is 64.2 Å². The number of carbonyl (C=O) groups is 1. The van der Waals surface area contributed by atoms with Crippen LogP contribution >= 0.6 is 0 Å². The molecule has 0 aliphatic carbocycles. The Balaban J connectivity index is 1.73. The lowest BCUT2D eigenvalue weighted by atomic mass is 10.1. The fourth-order valence-electron chi connectivity index (χ4n) is 2.90. The van der Waals surface area contributed by atoms with Crippen LogP contribution in [0.5, 0.6) is 0 Å². The molecule has 0 N–H and O–H groups in total. The second-order valence-corrected chi connectivity index (χ2v) is 5.88. The topological polar surface area (TPSA) is 66.7 Å². The van der Waals surface area contributed by atoms with Crippen LogP contribution in [-0.2, 0) is 0 Å². The van der Waals surface area contributed by atoms with Gasteiger partial charge in [-0.25, -0.2) is 0 Å². The van der Waals surface area contributed by atoms with E-state index in [9.17, 15) is 14.9 Å². The van der Waals surface area contributed by atoms with Crippen molar-refractivity contribution in [2.75, 3.05) is 29.9 Å². The third kappa shape index (κ3) is 3.22. The van der Waals surface area contributed by atoms with Crippen LogP contribution in [0.25, 0.3) is 0 Å². The van der Waals surface area contributed by atoms with Gasteiger partial charge >= 0.3 is 0 Å². The Morgan fingerprint density at radius 3 is 2.17 bits per heavy atom. The summed E-state index contributed by atoms with van der Waals surface area (Å²) >= 11 is 0. The summed E-state index contributed by atoms with van der Waals surface area (Å²) in [5.74, 6) is -0.196. The minimum absolute atomic E-state index is 0.0239. The van der Waals surface area contributed by atoms with E-state index in [1.807, 2.05) is 24.3 Å². The highest BCUT2D eigenvalue weighted by Gasteiger charge is 2.16. The van der Waals surface area contributed by atoms with Crippen LogP contribution in [0.2, 0.25) is 0 Å². The maximum Gasteiger partial charge on any atom is 0.269 e. The number of anilines is 2. The largest absolute Gasteiger partial charge is 0.372 e. The molecular weight excluding hydrogens is 306 g/mol. The van der Waals surface area contributed by atoms with Crippen LogP contribution in [0.15, 0.2) is 48.5 Å². The number of nitrogens with zero attached hydrogens (tertiary/aromatic N) is 3. The summed E-state index contributed by atoms with van der Waals surface area (Å²) in [5.41, 5.74) is 2.37. The molecule has 6 nitrogen and oxygen atoms in total. The maximum atomic E-state index is 12.5. The Labute approximate surface area is 140 Å². The van der Waals surface area contributed by atoms with Crippen LogP contribution in [0.4, 0.5) is 17.1 Å². The molecule has 2 aromatic carbocycles. The van der Waals surface area contributed by atoms with Crippen LogP contribution < -0.4 is 9.80 Å². The Kier molecular flexibility index (Phi) is 4.46. The molecule has 2 aromatic rings. The number of carbonyl (C=O) groups excluding carboxylic acids is 1. The maximum absolute atomic E-state index is 12.5. The predicted molar refractivity (Wildman–Crippen MR) is 93.7 cm³/mol. The summed E-state index contributed by atoms with van der Waals surface area (Å²) in [6, 6.07) is 13.6. The molecule has 0 radical (unpaired) electrons. The molecule has 1 aliphatic heterocycles. The van der Waals surface area contributed by atoms with Crippen LogP contribution in [0.3, 0.4) is 0 Å². The Hall–Kier alpha value is -2.89. The molecule has 1 heterocycles. The molecule has 1 amide bonds. The Bertz CT molecular complexity index is 735. The molecule has 0 spiro atoms. The zero-order valence-corrected chi connectivity index (χ0v) is 13.5. The van der Waals surface area contributed by atoms with E-state index in [2.05, 4.69) is 4.90 Å². The quantitative estimate of drug-likeness (QED) is 0.637. The zero-order valence-electron chi connectivity index (χ0n) is 13.5. The Morgan fingerprint density at radius 2 is 1.62 bits per heavy atom. The van der Waals surface area contributed by atoms with Crippen molar-refractivity contribution in [3.8, 4) is 0 Å². The first-order valence-corrected chi connectivity index (χ1v) is 7.94. The fourth-order valence-corrected chi connectivity index (χ4v) is 2.90. The van der Waals surface area contributed by atoms with Gasteiger partial charge in [-0.1, -0.05) is 0 Å². The number of nitro benzene ring substituents is 1. The van der Waals surface area contributed by atoms with Crippen LogP contribution in [0.1, 0.15) is 23.2 Å². The average Bonchev–Trinajstić information content (AvgIpc) is 3.15. The fraction of sp³-hybridized carbons (Fsp3) is 0.278. The van der Waals surface area contributed by atoms with Crippen molar-refractivity contribution < 1.29 is 9.72 Å². The molecule has 124 valence electrons. The number of nitro groups is 1. The zero-order chi connectivity index (χ0) is 17.1. The van der Waals surface area contributed by atoms with Crippen molar-refractivity contribution >= 4 is 23.0 Å². The Morgan fingerprint density at radius 1 is 1.04 bits per heavy atom. The van der Waals surface area contributed by atoms with Crippen molar-refractivity contribution in [1.82, 2.24) is 0 Å². The van der Waals surface area contributed by atoms with Gasteiger partial charge in [-0.2, -0.15) is 0 Å². The highest BCUT2D eigenvalue weighted by atomic mass is 16.6. The number of rotatable bonds is 4. The second-order valence-electron chi connectivity index (χ2n) is 5.88. The van der Waals surface area contributed by atoms with Gasteiger partial charge in [0.2, 0.25) is 0 Å². The van der Waals surface area contributed by atoms with Gasteiger partial charge in [-0.15, -0.1) is 0 Å². The summed E-state index contributed by atoms with van der Waals surface area (Å²) in [7, 11) is 1.70. The van der Waals surface area contributed by atoms with E-state index < -0.39 is 4.92 Å². The molecule has 6 heteroatoms. The molecule has 1 saturated heterocycles. The summed E-state index contributed by atoms with van der Waals surface area (Å²) in [4.78, 5) is 26.6. The van der Waals surface area contributed by atoms with E-state index in [0.29, 0.717) is 5.56 Å². The summed E-state index contributed by atoms with van der Waals surface area (Å²) in [5, 5.41) is 10.7. The predicted octanol–water partition coefficient (Wildman–Crippen LogP) is 3.47. The summed E-state index contributed by atoms with van der Waals surface area (Å²) in [6.45, 7) is 2.16. The molecule has 3 rings (SSSR count). The number of hydrogen-bond donors (Lipinski definition) is 0. The van der Waals surface area contributed by atoms with Gasteiger partial charge in [0.25, 0.3) is 11.6 Å². The molecule has 0 unspecified atom stereocenters. The molecular formula is C18H19N3O3. The molecule has 1 fully saturated rings. The molecule has 0 atom stereocenters.